The largest absolute Gasteiger partial charge is 0.494 e. The Bertz CT molecular complexity index is 358. The van der Waals surface area contributed by atoms with Crippen molar-refractivity contribution in [3.63, 3.8) is 0 Å². The standard InChI is InChI=1S/C20H34O/c1-5-6-7-8-9-10-17-21-19-13-11-18(12-14-19)15-16-20(2,3)4/h11-14H,5-10,15-17H2,1-4H3. The summed E-state index contributed by atoms with van der Waals surface area (Å²) in [6.45, 7) is 10.0. The first-order chi connectivity index (χ1) is 10.0. The van der Waals surface area contributed by atoms with Crippen LogP contribution in [0.1, 0.15) is 78.2 Å². The van der Waals surface area contributed by atoms with Gasteiger partial charge < -0.3 is 4.74 Å². The molecule has 0 aromatic heterocycles. The summed E-state index contributed by atoms with van der Waals surface area (Å²) in [6, 6.07) is 8.66. The normalized spacial score (nSPS) is 11.6. The van der Waals surface area contributed by atoms with E-state index in [1.165, 1.54) is 50.5 Å². The maximum atomic E-state index is 5.81. The molecular weight excluding hydrogens is 256 g/mol. The zero-order valence-corrected chi connectivity index (χ0v) is 14.6. The van der Waals surface area contributed by atoms with Gasteiger partial charge in [-0.25, -0.2) is 0 Å². The van der Waals surface area contributed by atoms with Gasteiger partial charge in [-0.05, 0) is 42.4 Å². The summed E-state index contributed by atoms with van der Waals surface area (Å²) in [5, 5.41) is 0. The maximum absolute atomic E-state index is 5.81. The second-order valence-electron chi connectivity index (χ2n) is 7.32. The van der Waals surface area contributed by atoms with Crippen LogP contribution in [-0.2, 0) is 6.42 Å². The molecule has 0 unspecified atom stereocenters. The molecule has 0 atom stereocenters. The monoisotopic (exact) mass is 290 g/mol. The van der Waals surface area contributed by atoms with E-state index in [9.17, 15) is 0 Å². The predicted molar refractivity (Wildman–Crippen MR) is 93.1 cm³/mol. The average Bonchev–Trinajstić information content (AvgIpc) is 2.44. The van der Waals surface area contributed by atoms with Crippen LogP contribution in [0.25, 0.3) is 0 Å². The molecule has 1 heteroatoms. The van der Waals surface area contributed by atoms with Crippen molar-refractivity contribution in [3.8, 4) is 5.75 Å². The minimum atomic E-state index is 0.410. The molecule has 21 heavy (non-hydrogen) atoms. The predicted octanol–water partition coefficient (Wildman–Crippen LogP) is 6.40. The Labute approximate surface area is 132 Å². The van der Waals surface area contributed by atoms with Gasteiger partial charge in [0.1, 0.15) is 5.75 Å². The molecule has 1 aromatic carbocycles. The van der Waals surface area contributed by atoms with Gasteiger partial charge in [-0.1, -0.05) is 71.9 Å². The van der Waals surface area contributed by atoms with Crippen molar-refractivity contribution in [2.75, 3.05) is 6.61 Å². The number of aryl methyl sites for hydroxylation is 1. The van der Waals surface area contributed by atoms with Crippen LogP contribution in [0.4, 0.5) is 0 Å². The van der Waals surface area contributed by atoms with Gasteiger partial charge in [0.15, 0.2) is 0 Å². The highest BCUT2D eigenvalue weighted by Crippen LogP contribution is 2.22. The van der Waals surface area contributed by atoms with E-state index >= 15 is 0 Å². The molecule has 1 aromatic rings. The van der Waals surface area contributed by atoms with E-state index in [4.69, 9.17) is 4.74 Å². The quantitative estimate of drug-likeness (QED) is 0.453. The van der Waals surface area contributed by atoms with Crippen molar-refractivity contribution in [3.05, 3.63) is 29.8 Å². The van der Waals surface area contributed by atoms with E-state index in [-0.39, 0.29) is 0 Å². The van der Waals surface area contributed by atoms with Gasteiger partial charge in [-0.3, -0.25) is 0 Å². The van der Waals surface area contributed by atoms with Gasteiger partial charge in [-0.2, -0.15) is 0 Å². The third-order valence-electron chi connectivity index (χ3n) is 3.85. The van der Waals surface area contributed by atoms with Crippen molar-refractivity contribution >= 4 is 0 Å². The van der Waals surface area contributed by atoms with Crippen LogP contribution in [-0.4, -0.2) is 6.61 Å². The zero-order valence-electron chi connectivity index (χ0n) is 14.6. The lowest BCUT2D eigenvalue weighted by molar-refractivity contribution is 0.304. The Balaban J connectivity index is 2.16. The Morgan fingerprint density at radius 2 is 1.48 bits per heavy atom. The molecule has 1 rings (SSSR count). The minimum Gasteiger partial charge on any atom is -0.494 e. The van der Waals surface area contributed by atoms with E-state index in [1.54, 1.807) is 0 Å². The van der Waals surface area contributed by atoms with Crippen LogP contribution in [0.5, 0.6) is 5.75 Å². The smallest absolute Gasteiger partial charge is 0.119 e. The highest BCUT2D eigenvalue weighted by atomic mass is 16.5. The van der Waals surface area contributed by atoms with Crippen LogP contribution in [0, 0.1) is 5.41 Å². The van der Waals surface area contributed by atoms with E-state index in [2.05, 4.69) is 52.0 Å². The zero-order chi connectivity index (χ0) is 15.6. The maximum Gasteiger partial charge on any atom is 0.119 e. The minimum absolute atomic E-state index is 0.410. The first-order valence-electron chi connectivity index (χ1n) is 8.73. The lowest BCUT2D eigenvalue weighted by atomic mass is 9.89. The molecule has 0 aliphatic rings. The highest BCUT2D eigenvalue weighted by molar-refractivity contribution is 5.27. The molecule has 0 bridgehead atoms. The van der Waals surface area contributed by atoms with Crippen LogP contribution in [0.3, 0.4) is 0 Å². The first kappa shape index (κ1) is 18.1. The number of unbranched alkanes of at least 4 members (excludes halogenated alkanes) is 5. The molecule has 0 spiro atoms. The van der Waals surface area contributed by atoms with Crippen LogP contribution < -0.4 is 4.74 Å². The molecule has 0 fully saturated rings. The summed E-state index contributed by atoms with van der Waals surface area (Å²) in [4.78, 5) is 0. The highest BCUT2D eigenvalue weighted by Gasteiger charge is 2.09. The fraction of sp³-hybridized carbons (Fsp3) is 0.700. The van der Waals surface area contributed by atoms with Gasteiger partial charge in [0.25, 0.3) is 0 Å². The van der Waals surface area contributed by atoms with Gasteiger partial charge in [0.05, 0.1) is 6.61 Å². The number of hydrogen-bond donors (Lipinski definition) is 0. The van der Waals surface area contributed by atoms with E-state index in [1.807, 2.05) is 0 Å². The van der Waals surface area contributed by atoms with E-state index in [0.29, 0.717) is 5.41 Å². The summed E-state index contributed by atoms with van der Waals surface area (Å²) in [6.07, 6.45) is 10.3. The summed E-state index contributed by atoms with van der Waals surface area (Å²) >= 11 is 0. The van der Waals surface area contributed by atoms with Crippen molar-refractivity contribution in [1.82, 2.24) is 0 Å². The Kier molecular flexibility index (Phi) is 8.49. The topological polar surface area (TPSA) is 9.23 Å². The SMILES string of the molecule is CCCCCCCCOc1ccc(CCC(C)(C)C)cc1. The summed E-state index contributed by atoms with van der Waals surface area (Å²) in [7, 11) is 0. The Morgan fingerprint density at radius 1 is 0.857 bits per heavy atom. The second-order valence-corrected chi connectivity index (χ2v) is 7.32. The van der Waals surface area contributed by atoms with Gasteiger partial charge in [-0.15, -0.1) is 0 Å². The number of ether oxygens (including phenoxy) is 1. The Morgan fingerprint density at radius 3 is 2.10 bits per heavy atom. The first-order valence-corrected chi connectivity index (χ1v) is 8.73. The molecule has 0 saturated carbocycles. The fourth-order valence-electron chi connectivity index (χ4n) is 2.34. The number of benzene rings is 1. The molecule has 0 heterocycles. The number of rotatable bonds is 10. The van der Waals surface area contributed by atoms with Gasteiger partial charge in [0, 0.05) is 0 Å². The lowest BCUT2D eigenvalue weighted by Gasteiger charge is -2.17. The van der Waals surface area contributed by atoms with Crippen molar-refractivity contribution in [2.24, 2.45) is 5.41 Å². The Hall–Kier alpha value is -0.980. The third-order valence-corrected chi connectivity index (χ3v) is 3.85. The third kappa shape index (κ3) is 9.55. The van der Waals surface area contributed by atoms with Crippen LogP contribution in [0.15, 0.2) is 24.3 Å². The molecule has 1 nitrogen and oxygen atoms in total. The average molecular weight is 290 g/mol. The molecular formula is C20H34O. The summed E-state index contributed by atoms with van der Waals surface area (Å²) < 4.78 is 5.81. The van der Waals surface area contributed by atoms with Crippen LogP contribution in [0.2, 0.25) is 0 Å². The molecule has 0 amide bonds. The fourth-order valence-corrected chi connectivity index (χ4v) is 2.34. The van der Waals surface area contributed by atoms with Gasteiger partial charge in [0.2, 0.25) is 0 Å². The van der Waals surface area contributed by atoms with Crippen molar-refractivity contribution < 1.29 is 4.74 Å². The molecule has 0 saturated heterocycles. The molecule has 0 N–H and O–H groups in total. The van der Waals surface area contributed by atoms with Gasteiger partial charge >= 0.3 is 0 Å². The van der Waals surface area contributed by atoms with E-state index < -0.39 is 0 Å². The molecule has 0 aliphatic carbocycles. The summed E-state index contributed by atoms with van der Waals surface area (Å²) in [5.74, 6) is 1.02. The number of hydrogen-bond acceptors (Lipinski definition) is 1. The van der Waals surface area contributed by atoms with Crippen molar-refractivity contribution in [1.29, 1.82) is 0 Å². The molecule has 0 radical (unpaired) electrons. The van der Waals surface area contributed by atoms with Crippen molar-refractivity contribution in [2.45, 2.75) is 79.1 Å². The summed E-state index contributed by atoms with van der Waals surface area (Å²) in [5.41, 5.74) is 1.82. The lowest BCUT2D eigenvalue weighted by Crippen LogP contribution is -2.06. The molecule has 0 aliphatic heterocycles. The second kappa shape index (κ2) is 9.87. The van der Waals surface area contributed by atoms with E-state index in [0.717, 1.165) is 18.8 Å². The van der Waals surface area contributed by atoms with Crippen LogP contribution >= 0.6 is 0 Å². The molecule has 120 valence electrons.